The number of aromatic nitrogens is 1. The van der Waals surface area contributed by atoms with E-state index < -0.39 is 0 Å². The number of benzene rings is 9. The molecule has 0 aliphatic rings. The van der Waals surface area contributed by atoms with Crippen molar-refractivity contribution in [3.05, 3.63) is 194 Å². The Hall–Kier alpha value is -7.89. The van der Waals surface area contributed by atoms with Crippen LogP contribution in [-0.4, -0.2) is 4.98 Å². The maximum absolute atomic E-state index is 6.39. The van der Waals surface area contributed by atoms with Gasteiger partial charge in [0, 0.05) is 55.8 Å². The zero-order valence-electron chi connectivity index (χ0n) is 31.1. The highest BCUT2D eigenvalue weighted by atomic mass is 16.4. The number of fused-ring (bicyclic) bond motifs is 8. The van der Waals surface area contributed by atoms with Gasteiger partial charge in [-0.25, -0.2) is 4.98 Å². The normalized spacial score (nSPS) is 11.8. The Balaban J connectivity index is 0.947. The predicted molar refractivity (Wildman–Crippen MR) is 237 cm³/mol. The summed E-state index contributed by atoms with van der Waals surface area (Å²) in [5.74, 6) is 0.555. The lowest BCUT2D eigenvalue weighted by molar-refractivity contribution is 0.619. The van der Waals surface area contributed by atoms with Gasteiger partial charge < -0.3 is 18.2 Å². The minimum Gasteiger partial charge on any atom is -0.456 e. The molecule has 12 aromatic rings. The second kappa shape index (κ2) is 12.8. The fourth-order valence-corrected chi connectivity index (χ4v) is 8.45. The van der Waals surface area contributed by atoms with Crippen LogP contribution in [0.5, 0.6) is 0 Å². The molecule has 0 saturated carbocycles. The lowest BCUT2D eigenvalue weighted by Gasteiger charge is -2.26. The Labute approximate surface area is 332 Å². The largest absolute Gasteiger partial charge is 0.456 e. The van der Waals surface area contributed by atoms with Crippen LogP contribution in [-0.2, 0) is 0 Å². The molecule has 0 radical (unpaired) electrons. The Morgan fingerprint density at radius 3 is 1.72 bits per heavy atom. The number of para-hydroxylation sites is 3. The molecular weight excluding hydrogens is 713 g/mol. The van der Waals surface area contributed by atoms with E-state index in [9.17, 15) is 0 Å². The van der Waals surface area contributed by atoms with Crippen LogP contribution in [0.4, 0.5) is 17.1 Å². The molecule has 3 aromatic heterocycles. The standard InChI is InChI=1S/C53H32N2O3/c1-2-10-35-29-37(20-19-33(35)9-1)36-11-7-12-40(30-36)55(41-26-28-46-44-14-4-6-17-48(44)57-51(46)32-41)39-24-21-34(22-25-39)42-15-8-18-49-52(42)54-53(58-49)38-23-27-45-43-13-3-5-16-47(43)56-50(45)31-38/h1-32H. The van der Waals surface area contributed by atoms with Gasteiger partial charge in [0.25, 0.3) is 0 Å². The van der Waals surface area contributed by atoms with Crippen LogP contribution in [0.1, 0.15) is 0 Å². The molecule has 0 atom stereocenters. The van der Waals surface area contributed by atoms with E-state index in [1.807, 2.05) is 48.5 Å². The van der Waals surface area contributed by atoms with Crippen LogP contribution in [0.15, 0.2) is 207 Å². The molecule has 5 heteroatoms. The molecule has 0 amide bonds. The number of hydrogen-bond donors (Lipinski definition) is 0. The van der Waals surface area contributed by atoms with Crippen molar-refractivity contribution in [2.75, 3.05) is 4.90 Å². The summed E-state index contributed by atoms with van der Waals surface area (Å²) in [5.41, 5.74) is 13.2. The summed E-state index contributed by atoms with van der Waals surface area (Å²) in [6, 6.07) is 67.6. The first-order valence-electron chi connectivity index (χ1n) is 19.4. The van der Waals surface area contributed by atoms with Crippen molar-refractivity contribution >= 4 is 82.8 Å². The zero-order chi connectivity index (χ0) is 38.2. The average molecular weight is 745 g/mol. The van der Waals surface area contributed by atoms with Gasteiger partial charge in [-0.2, -0.15) is 0 Å². The first-order chi connectivity index (χ1) is 28.7. The van der Waals surface area contributed by atoms with E-state index in [0.717, 1.165) is 94.3 Å². The third kappa shape index (κ3) is 5.29. The smallest absolute Gasteiger partial charge is 0.227 e. The van der Waals surface area contributed by atoms with E-state index in [4.69, 9.17) is 18.2 Å². The van der Waals surface area contributed by atoms with Gasteiger partial charge in [0.15, 0.2) is 5.58 Å². The van der Waals surface area contributed by atoms with Crippen molar-refractivity contribution in [3.8, 4) is 33.7 Å². The summed E-state index contributed by atoms with van der Waals surface area (Å²) in [5, 5.41) is 6.82. The molecular formula is C53H32N2O3. The SMILES string of the molecule is c1cc(-c2ccc3ccccc3c2)cc(N(c2ccc(-c3cccc4oc(-c5ccc6c(c5)oc5ccccc56)nc34)cc2)c2ccc3c(c2)oc2ccccc23)c1. The second-order valence-electron chi connectivity index (χ2n) is 14.8. The number of hydrogen-bond acceptors (Lipinski definition) is 5. The average Bonchev–Trinajstić information content (AvgIpc) is 4.00. The molecule has 0 spiro atoms. The topological polar surface area (TPSA) is 55.6 Å². The molecule has 9 aromatic carbocycles. The molecule has 0 aliphatic heterocycles. The Bertz CT molecular complexity index is 3530. The summed E-state index contributed by atoms with van der Waals surface area (Å²) >= 11 is 0. The van der Waals surface area contributed by atoms with E-state index >= 15 is 0 Å². The molecule has 0 unspecified atom stereocenters. The van der Waals surface area contributed by atoms with Gasteiger partial charge in [-0.3, -0.25) is 0 Å². The first-order valence-corrected chi connectivity index (χ1v) is 19.4. The number of rotatable bonds is 6. The van der Waals surface area contributed by atoms with Crippen LogP contribution in [0.25, 0.3) is 99.5 Å². The molecule has 0 fully saturated rings. The molecule has 0 N–H and O–H groups in total. The summed E-state index contributed by atoms with van der Waals surface area (Å²) < 4.78 is 18.9. The predicted octanol–water partition coefficient (Wildman–Crippen LogP) is 15.3. The summed E-state index contributed by atoms with van der Waals surface area (Å²) in [6.07, 6.45) is 0. The second-order valence-corrected chi connectivity index (χ2v) is 14.8. The fraction of sp³-hybridized carbons (Fsp3) is 0. The maximum atomic E-state index is 6.39. The molecule has 5 nitrogen and oxygen atoms in total. The van der Waals surface area contributed by atoms with Gasteiger partial charge in [0.2, 0.25) is 5.89 Å². The van der Waals surface area contributed by atoms with Crippen molar-refractivity contribution in [1.29, 1.82) is 0 Å². The Morgan fingerprint density at radius 1 is 0.328 bits per heavy atom. The molecule has 3 heterocycles. The van der Waals surface area contributed by atoms with Crippen LogP contribution in [0, 0.1) is 0 Å². The lowest BCUT2D eigenvalue weighted by Crippen LogP contribution is -2.10. The van der Waals surface area contributed by atoms with Crippen molar-refractivity contribution in [2.24, 2.45) is 0 Å². The van der Waals surface area contributed by atoms with Crippen molar-refractivity contribution in [3.63, 3.8) is 0 Å². The molecule has 58 heavy (non-hydrogen) atoms. The summed E-state index contributed by atoms with van der Waals surface area (Å²) in [6.45, 7) is 0. The molecule has 0 bridgehead atoms. The van der Waals surface area contributed by atoms with Gasteiger partial charge in [-0.05, 0) is 106 Å². The highest BCUT2D eigenvalue weighted by molar-refractivity contribution is 6.07. The highest BCUT2D eigenvalue weighted by Gasteiger charge is 2.19. The van der Waals surface area contributed by atoms with Gasteiger partial charge >= 0.3 is 0 Å². The molecule has 12 rings (SSSR count). The van der Waals surface area contributed by atoms with Gasteiger partial charge in [0.05, 0.1) is 0 Å². The summed E-state index contributed by atoms with van der Waals surface area (Å²) in [4.78, 5) is 7.34. The van der Waals surface area contributed by atoms with Gasteiger partial charge in [-0.1, -0.05) is 109 Å². The number of furan rings is 2. The fourth-order valence-electron chi connectivity index (χ4n) is 8.45. The first kappa shape index (κ1) is 32.4. The van der Waals surface area contributed by atoms with Crippen LogP contribution in [0.2, 0.25) is 0 Å². The number of nitrogens with zero attached hydrogens (tertiary/aromatic N) is 2. The van der Waals surface area contributed by atoms with Gasteiger partial charge in [0.1, 0.15) is 27.8 Å². The molecule has 0 aliphatic carbocycles. The highest BCUT2D eigenvalue weighted by Crippen LogP contribution is 2.42. The third-order valence-electron chi connectivity index (χ3n) is 11.3. The Kier molecular flexibility index (Phi) is 7.16. The van der Waals surface area contributed by atoms with E-state index in [1.54, 1.807) is 0 Å². The minimum absolute atomic E-state index is 0.555. The zero-order valence-corrected chi connectivity index (χ0v) is 31.1. The third-order valence-corrected chi connectivity index (χ3v) is 11.3. The van der Waals surface area contributed by atoms with Crippen LogP contribution < -0.4 is 4.90 Å². The summed E-state index contributed by atoms with van der Waals surface area (Å²) in [7, 11) is 0. The lowest BCUT2D eigenvalue weighted by atomic mass is 10.00. The van der Waals surface area contributed by atoms with E-state index in [2.05, 4.69) is 150 Å². The van der Waals surface area contributed by atoms with E-state index in [-0.39, 0.29) is 0 Å². The van der Waals surface area contributed by atoms with Crippen molar-refractivity contribution < 1.29 is 13.3 Å². The van der Waals surface area contributed by atoms with Crippen LogP contribution in [0.3, 0.4) is 0 Å². The Morgan fingerprint density at radius 2 is 0.914 bits per heavy atom. The van der Waals surface area contributed by atoms with Crippen LogP contribution >= 0.6 is 0 Å². The van der Waals surface area contributed by atoms with Crippen molar-refractivity contribution in [2.45, 2.75) is 0 Å². The number of oxazole rings is 1. The quantitative estimate of drug-likeness (QED) is 0.170. The van der Waals surface area contributed by atoms with Gasteiger partial charge in [-0.15, -0.1) is 0 Å². The monoisotopic (exact) mass is 744 g/mol. The minimum atomic E-state index is 0.555. The molecule has 272 valence electrons. The maximum Gasteiger partial charge on any atom is 0.227 e. The number of anilines is 3. The van der Waals surface area contributed by atoms with E-state index in [0.29, 0.717) is 5.89 Å². The van der Waals surface area contributed by atoms with Crippen molar-refractivity contribution in [1.82, 2.24) is 4.98 Å². The molecule has 0 saturated heterocycles. The van der Waals surface area contributed by atoms with E-state index in [1.165, 1.54) is 16.3 Å².